The molecule has 180 valence electrons. The number of nitrogens with zero attached hydrogens (tertiary/aromatic N) is 5. The number of nitrogens with one attached hydrogen (secondary N) is 1. The highest BCUT2D eigenvalue weighted by atomic mass is 16.5. The van der Waals surface area contributed by atoms with Crippen LogP contribution in [0.15, 0.2) is 78.1 Å². The minimum Gasteiger partial charge on any atom is -0.490 e. The molecule has 0 atom stereocenters. The van der Waals surface area contributed by atoms with E-state index in [0.29, 0.717) is 42.0 Å². The Balaban J connectivity index is 1.30. The zero-order valence-corrected chi connectivity index (χ0v) is 19.8. The second-order valence-electron chi connectivity index (χ2n) is 8.84. The average Bonchev–Trinajstić information content (AvgIpc) is 2.94. The number of piperidine rings is 1. The molecule has 5 rings (SSSR count). The number of pyridine rings is 2. The molecule has 36 heavy (non-hydrogen) atoms. The summed E-state index contributed by atoms with van der Waals surface area (Å²) in [7, 11) is 0. The lowest BCUT2D eigenvalue weighted by Gasteiger charge is -2.22. The van der Waals surface area contributed by atoms with Gasteiger partial charge in [0.25, 0.3) is 5.56 Å². The summed E-state index contributed by atoms with van der Waals surface area (Å²) in [5, 5.41) is 3.36. The maximum Gasteiger partial charge on any atom is 0.250 e. The van der Waals surface area contributed by atoms with E-state index >= 15 is 0 Å². The first kappa shape index (κ1) is 23.4. The van der Waals surface area contributed by atoms with Crippen LogP contribution in [0.3, 0.4) is 0 Å². The van der Waals surface area contributed by atoms with E-state index in [1.807, 2.05) is 24.3 Å². The lowest BCUT2D eigenvalue weighted by molar-refractivity contribution is 0.214. The Labute approximate surface area is 209 Å². The molecule has 0 saturated carbocycles. The molecule has 1 aliphatic rings. The van der Waals surface area contributed by atoms with Crippen molar-refractivity contribution in [1.82, 2.24) is 24.8 Å². The van der Waals surface area contributed by atoms with Crippen molar-refractivity contribution in [2.24, 2.45) is 5.92 Å². The van der Waals surface area contributed by atoms with Gasteiger partial charge < -0.3 is 14.6 Å². The molecule has 0 amide bonds. The third-order valence-corrected chi connectivity index (χ3v) is 6.26. The van der Waals surface area contributed by atoms with Gasteiger partial charge in [-0.3, -0.25) is 9.78 Å². The van der Waals surface area contributed by atoms with Crippen LogP contribution in [0.4, 0.5) is 5.69 Å². The maximum atomic E-state index is 12.6. The van der Waals surface area contributed by atoms with E-state index in [4.69, 9.17) is 11.3 Å². The molecule has 8 nitrogen and oxygen atoms in total. The van der Waals surface area contributed by atoms with Crippen molar-refractivity contribution in [2.75, 3.05) is 19.7 Å². The van der Waals surface area contributed by atoms with Crippen molar-refractivity contribution in [1.29, 1.82) is 0 Å². The highest BCUT2D eigenvalue weighted by Crippen LogP contribution is 2.22. The monoisotopic (exact) mass is 478 g/mol. The molecule has 0 aliphatic carbocycles. The van der Waals surface area contributed by atoms with Crippen molar-refractivity contribution in [2.45, 2.75) is 19.4 Å². The summed E-state index contributed by atoms with van der Waals surface area (Å²) in [4.78, 5) is 29.4. The summed E-state index contributed by atoms with van der Waals surface area (Å²) in [6.07, 6.45) is 9.06. The fourth-order valence-electron chi connectivity index (χ4n) is 4.26. The molecule has 1 fully saturated rings. The Hall–Kier alpha value is -4.35. The van der Waals surface area contributed by atoms with Crippen molar-refractivity contribution >= 4 is 5.69 Å². The molecule has 1 aromatic carbocycles. The van der Waals surface area contributed by atoms with Gasteiger partial charge in [-0.1, -0.05) is 18.2 Å². The third kappa shape index (κ3) is 5.65. The molecule has 0 unspecified atom stereocenters. The molecular weight excluding hydrogens is 452 g/mol. The van der Waals surface area contributed by atoms with E-state index in [0.717, 1.165) is 42.6 Å². The van der Waals surface area contributed by atoms with Crippen LogP contribution in [0.25, 0.3) is 27.5 Å². The second kappa shape index (κ2) is 10.9. The first-order chi connectivity index (χ1) is 17.7. The Kier molecular flexibility index (Phi) is 7.10. The summed E-state index contributed by atoms with van der Waals surface area (Å²) >= 11 is 0. The smallest absolute Gasteiger partial charge is 0.250 e. The minimum atomic E-state index is -0.114. The molecule has 0 radical (unpaired) electrons. The van der Waals surface area contributed by atoms with Gasteiger partial charge in [-0.05, 0) is 61.7 Å². The quantitative estimate of drug-likeness (QED) is 0.398. The maximum absolute atomic E-state index is 12.6. The number of benzene rings is 1. The first-order valence-corrected chi connectivity index (χ1v) is 12.0. The van der Waals surface area contributed by atoms with Crippen molar-refractivity contribution in [3.63, 3.8) is 0 Å². The van der Waals surface area contributed by atoms with Crippen LogP contribution in [0, 0.1) is 12.5 Å². The van der Waals surface area contributed by atoms with Gasteiger partial charge in [-0.15, -0.1) is 0 Å². The Morgan fingerprint density at radius 1 is 1.03 bits per heavy atom. The number of ether oxygens (including phenoxy) is 1. The van der Waals surface area contributed by atoms with Gasteiger partial charge in [0.1, 0.15) is 0 Å². The second-order valence-corrected chi connectivity index (χ2v) is 8.84. The summed E-state index contributed by atoms with van der Waals surface area (Å²) in [6.45, 7) is 10.4. The van der Waals surface area contributed by atoms with Crippen molar-refractivity contribution in [3.8, 4) is 28.4 Å². The predicted octanol–water partition coefficient (Wildman–Crippen LogP) is 4.34. The van der Waals surface area contributed by atoms with Crippen molar-refractivity contribution < 1.29 is 4.74 Å². The summed E-state index contributed by atoms with van der Waals surface area (Å²) in [5.74, 6) is 1.84. The Bertz CT molecular complexity index is 1440. The molecule has 0 spiro atoms. The van der Waals surface area contributed by atoms with Crippen molar-refractivity contribution in [3.05, 3.63) is 101 Å². The highest BCUT2D eigenvalue weighted by molar-refractivity contribution is 5.63. The lowest BCUT2D eigenvalue weighted by atomic mass is 9.99. The zero-order chi connectivity index (χ0) is 24.7. The zero-order valence-electron chi connectivity index (χ0n) is 19.8. The fourth-order valence-corrected chi connectivity index (χ4v) is 4.26. The molecule has 1 N–H and O–H groups in total. The predicted molar refractivity (Wildman–Crippen MR) is 138 cm³/mol. The number of rotatable bonds is 7. The number of hydrogen-bond donors (Lipinski definition) is 1. The summed E-state index contributed by atoms with van der Waals surface area (Å²) in [5.41, 5.74) is 3.64. The van der Waals surface area contributed by atoms with E-state index in [2.05, 4.69) is 25.1 Å². The lowest BCUT2D eigenvalue weighted by Crippen LogP contribution is -2.30. The van der Waals surface area contributed by atoms with Crippen LogP contribution < -0.4 is 15.6 Å². The summed E-state index contributed by atoms with van der Waals surface area (Å²) in [6, 6.07) is 14.5. The molecule has 4 aromatic rings. The van der Waals surface area contributed by atoms with Crippen LogP contribution in [-0.2, 0) is 6.54 Å². The van der Waals surface area contributed by atoms with E-state index in [1.54, 1.807) is 47.6 Å². The van der Waals surface area contributed by atoms with Crippen LogP contribution in [0.1, 0.15) is 18.4 Å². The van der Waals surface area contributed by atoms with Gasteiger partial charge in [0.15, 0.2) is 17.3 Å². The van der Waals surface area contributed by atoms with Gasteiger partial charge in [-0.2, -0.15) is 0 Å². The summed E-state index contributed by atoms with van der Waals surface area (Å²) < 4.78 is 7.54. The molecule has 0 bridgehead atoms. The van der Waals surface area contributed by atoms with E-state index in [-0.39, 0.29) is 5.56 Å². The van der Waals surface area contributed by atoms with Gasteiger partial charge in [-0.25, -0.2) is 14.8 Å². The van der Waals surface area contributed by atoms with Gasteiger partial charge >= 0.3 is 0 Å². The van der Waals surface area contributed by atoms with Crippen LogP contribution >= 0.6 is 0 Å². The number of hydrogen-bond acceptors (Lipinski definition) is 6. The molecule has 8 heteroatoms. The number of aromatic nitrogens is 4. The molecule has 1 aliphatic heterocycles. The van der Waals surface area contributed by atoms with E-state index in [1.165, 1.54) is 6.07 Å². The van der Waals surface area contributed by atoms with Gasteiger partial charge in [0.05, 0.1) is 37.8 Å². The first-order valence-electron chi connectivity index (χ1n) is 12.0. The normalized spacial score (nSPS) is 13.8. The molecule has 1 saturated heterocycles. The Morgan fingerprint density at radius 3 is 2.67 bits per heavy atom. The molecular formula is C28H26N6O2. The minimum absolute atomic E-state index is 0.114. The van der Waals surface area contributed by atoms with Crippen LogP contribution in [0.2, 0.25) is 0 Å². The topological polar surface area (TPSA) is 86.3 Å². The highest BCUT2D eigenvalue weighted by Gasteiger charge is 2.14. The average molecular weight is 479 g/mol. The molecule has 3 aromatic heterocycles. The van der Waals surface area contributed by atoms with E-state index in [9.17, 15) is 4.79 Å². The van der Waals surface area contributed by atoms with Crippen LogP contribution in [0.5, 0.6) is 5.75 Å². The van der Waals surface area contributed by atoms with Crippen LogP contribution in [-0.4, -0.2) is 39.2 Å². The van der Waals surface area contributed by atoms with E-state index < -0.39 is 0 Å². The Morgan fingerprint density at radius 2 is 1.86 bits per heavy atom. The van der Waals surface area contributed by atoms with Gasteiger partial charge in [0.2, 0.25) is 0 Å². The largest absolute Gasteiger partial charge is 0.490 e. The fraction of sp³-hybridized carbons (Fsp3) is 0.250. The standard InChI is InChI=1S/C28H26N6O2/c1-29-24-9-12-31-26(14-24)23-5-6-27(35)34(18-23)17-21-3-2-4-22(13-21)28-32-15-25(16-33-28)36-19-20-7-10-30-11-8-20/h2-6,9,12-16,18,20,30H,7-8,10-11,17,19H2. The van der Waals surface area contributed by atoms with Gasteiger partial charge in [0, 0.05) is 29.6 Å². The third-order valence-electron chi connectivity index (χ3n) is 6.26. The SMILES string of the molecule is [C-]#[N+]c1ccnc(-c2ccc(=O)n(Cc3cccc(-c4ncc(OCC5CCNCC5)cn4)c3)c2)c1. The molecule has 4 heterocycles.